The Balaban J connectivity index is 3.05. The topological polar surface area (TPSA) is 29.1 Å². The van der Waals surface area contributed by atoms with Gasteiger partial charge in [-0.3, -0.25) is 4.79 Å². The molecule has 0 heterocycles. The fraction of sp³-hybridized carbons (Fsp3) is 0.929. The number of carbonyl (C=O) groups is 1. The van der Waals surface area contributed by atoms with Gasteiger partial charge in [-0.15, -0.1) is 0 Å². The maximum atomic E-state index is 11.3. The van der Waals surface area contributed by atoms with Crippen LogP contribution in [0.2, 0.25) is 0 Å². The Morgan fingerprint density at radius 3 is 2.00 bits per heavy atom. The molecule has 102 valence electrons. The Morgan fingerprint density at radius 1 is 0.941 bits per heavy atom. The molecule has 1 amide bonds. The van der Waals surface area contributed by atoms with E-state index in [2.05, 4.69) is 24.9 Å². The standard InChI is InChI=1S/C14H29NOS/c1-2-3-4-5-6-7-8-9-10-11-14(16)15-12-13-17/h17H,2-13H2,1H3,(H,15,16). The van der Waals surface area contributed by atoms with Gasteiger partial charge in [-0.25, -0.2) is 0 Å². The molecule has 0 saturated carbocycles. The summed E-state index contributed by atoms with van der Waals surface area (Å²) in [6.07, 6.45) is 12.4. The average Bonchev–Trinajstić information content (AvgIpc) is 2.34. The summed E-state index contributed by atoms with van der Waals surface area (Å²) in [7, 11) is 0. The first kappa shape index (κ1) is 16.8. The third-order valence-electron chi connectivity index (χ3n) is 2.94. The largest absolute Gasteiger partial charge is 0.355 e. The molecular weight excluding hydrogens is 230 g/mol. The third-order valence-corrected chi connectivity index (χ3v) is 3.16. The van der Waals surface area contributed by atoms with Crippen LogP contribution in [0, 0.1) is 0 Å². The predicted octanol–water partition coefficient (Wildman–Crippen LogP) is 3.95. The maximum absolute atomic E-state index is 11.3. The van der Waals surface area contributed by atoms with E-state index in [1.54, 1.807) is 0 Å². The lowest BCUT2D eigenvalue weighted by molar-refractivity contribution is -0.121. The highest BCUT2D eigenvalue weighted by Crippen LogP contribution is 2.10. The summed E-state index contributed by atoms with van der Waals surface area (Å²) in [6, 6.07) is 0. The number of thiol groups is 1. The van der Waals surface area contributed by atoms with Crippen molar-refractivity contribution in [2.24, 2.45) is 0 Å². The summed E-state index contributed by atoms with van der Waals surface area (Å²) in [5.74, 6) is 0.908. The molecular formula is C14H29NOS. The normalized spacial score (nSPS) is 10.5. The zero-order chi connectivity index (χ0) is 12.8. The molecule has 1 N–H and O–H groups in total. The number of nitrogens with one attached hydrogen (secondary N) is 1. The van der Waals surface area contributed by atoms with Crippen LogP contribution < -0.4 is 5.32 Å². The fourth-order valence-corrected chi connectivity index (χ4v) is 1.99. The van der Waals surface area contributed by atoms with Crippen molar-refractivity contribution in [2.75, 3.05) is 12.3 Å². The Bertz CT molecular complexity index is 174. The summed E-state index contributed by atoms with van der Waals surface area (Å²) in [5.41, 5.74) is 0. The summed E-state index contributed by atoms with van der Waals surface area (Å²) in [4.78, 5) is 11.3. The number of carbonyl (C=O) groups excluding carboxylic acids is 1. The van der Waals surface area contributed by atoms with Crippen LogP contribution in [-0.4, -0.2) is 18.2 Å². The second-order valence-corrected chi connectivity index (χ2v) is 5.10. The van der Waals surface area contributed by atoms with Crippen LogP contribution in [0.15, 0.2) is 0 Å². The monoisotopic (exact) mass is 259 g/mol. The van der Waals surface area contributed by atoms with Gasteiger partial charge in [0.2, 0.25) is 5.91 Å². The predicted molar refractivity (Wildman–Crippen MR) is 78.7 cm³/mol. The maximum Gasteiger partial charge on any atom is 0.220 e. The number of hydrogen-bond acceptors (Lipinski definition) is 2. The van der Waals surface area contributed by atoms with Crippen molar-refractivity contribution in [1.82, 2.24) is 5.32 Å². The van der Waals surface area contributed by atoms with E-state index in [1.165, 1.54) is 51.4 Å². The fourth-order valence-electron chi connectivity index (χ4n) is 1.88. The van der Waals surface area contributed by atoms with Crippen molar-refractivity contribution in [2.45, 2.75) is 71.1 Å². The molecule has 0 radical (unpaired) electrons. The van der Waals surface area contributed by atoms with Gasteiger partial charge in [-0.1, -0.05) is 58.3 Å². The van der Waals surface area contributed by atoms with Gasteiger partial charge in [0.1, 0.15) is 0 Å². The number of rotatable bonds is 12. The van der Waals surface area contributed by atoms with Gasteiger partial charge in [0.05, 0.1) is 0 Å². The van der Waals surface area contributed by atoms with Crippen LogP contribution in [-0.2, 0) is 4.79 Å². The Hall–Kier alpha value is -0.180. The van der Waals surface area contributed by atoms with E-state index >= 15 is 0 Å². The molecule has 0 bridgehead atoms. The van der Waals surface area contributed by atoms with E-state index in [0.717, 1.165) is 12.2 Å². The van der Waals surface area contributed by atoms with E-state index in [4.69, 9.17) is 0 Å². The molecule has 0 aliphatic rings. The second-order valence-electron chi connectivity index (χ2n) is 4.65. The molecule has 0 aromatic heterocycles. The van der Waals surface area contributed by atoms with Gasteiger partial charge in [-0.05, 0) is 6.42 Å². The van der Waals surface area contributed by atoms with E-state index in [9.17, 15) is 4.79 Å². The van der Waals surface area contributed by atoms with Gasteiger partial charge in [0.15, 0.2) is 0 Å². The van der Waals surface area contributed by atoms with E-state index in [1.807, 2.05) is 0 Å². The smallest absolute Gasteiger partial charge is 0.220 e. The molecule has 0 atom stereocenters. The van der Waals surface area contributed by atoms with Crippen molar-refractivity contribution < 1.29 is 4.79 Å². The van der Waals surface area contributed by atoms with Crippen molar-refractivity contribution in [3.05, 3.63) is 0 Å². The quantitative estimate of drug-likeness (QED) is 0.403. The Labute approximate surface area is 112 Å². The van der Waals surface area contributed by atoms with Crippen molar-refractivity contribution >= 4 is 18.5 Å². The van der Waals surface area contributed by atoms with Gasteiger partial charge in [-0.2, -0.15) is 12.6 Å². The molecule has 0 aliphatic carbocycles. The Morgan fingerprint density at radius 2 is 1.47 bits per heavy atom. The van der Waals surface area contributed by atoms with E-state index in [-0.39, 0.29) is 5.91 Å². The minimum absolute atomic E-state index is 0.182. The van der Waals surface area contributed by atoms with Crippen LogP contribution in [0.5, 0.6) is 0 Å². The van der Waals surface area contributed by atoms with Gasteiger partial charge < -0.3 is 5.32 Å². The third kappa shape index (κ3) is 13.8. The van der Waals surface area contributed by atoms with Crippen molar-refractivity contribution in [3.63, 3.8) is 0 Å². The highest BCUT2D eigenvalue weighted by molar-refractivity contribution is 7.80. The molecule has 0 rings (SSSR count). The number of unbranched alkanes of at least 4 members (excludes halogenated alkanes) is 8. The number of amides is 1. The van der Waals surface area contributed by atoms with Crippen LogP contribution in [0.1, 0.15) is 71.1 Å². The zero-order valence-electron chi connectivity index (χ0n) is 11.3. The van der Waals surface area contributed by atoms with Crippen molar-refractivity contribution in [1.29, 1.82) is 0 Å². The zero-order valence-corrected chi connectivity index (χ0v) is 12.2. The summed E-state index contributed by atoms with van der Waals surface area (Å²) < 4.78 is 0. The SMILES string of the molecule is CCCCCCCCCCCC(=O)NCCS. The Kier molecular flexibility index (Phi) is 13.7. The minimum Gasteiger partial charge on any atom is -0.355 e. The molecule has 0 aromatic carbocycles. The van der Waals surface area contributed by atoms with E-state index < -0.39 is 0 Å². The first-order valence-corrected chi connectivity index (χ1v) is 7.82. The lowest BCUT2D eigenvalue weighted by Gasteiger charge is -2.03. The lowest BCUT2D eigenvalue weighted by Crippen LogP contribution is -2.24. The first-order chi connectivity index (χ1) is 8.31. The molecule has 0 aliphatic heterocycles. The molecule has 2 nitrogen and oxygen atoms in total. The average molecular weight is 259 g/mol. The highest BCUT2D eigenvalue weighted by Gasteiger charge is 1.99. The molecule has 0 aromatic rings. The molecule has 0 spiro atoms. The molecule has 3 heteroatoms. The second kappa shape index (κ2) is 13.9. The van der Waals surface area contributed by atoms with Gasteiger partial charge in [0, 0.05) is 18.7 Å². The van der Waals surface area contributed by atoms with Crippen LogP contribution in [0.4, 0.5) is 0 Å². The van der Waals surface area contributed by atoms with Gasteiger partial charge in [0.25, 0.3) is 0 Å². The number of hydrogen-bond donors (Lipinski definition) is 2. The molecule has 0 fully saturated rings. The summed E-state index contributed by atoms with van der Waals surface area (Å²) >= 11 is 4.05. The van der Waals surface area contributed by atoms with Crippen LogP contribution in [0.3, 0.4) is 0 Å². The summed E-state index contributed by atoms with van der Waals surface area (Å²) in [6.45, 7) is 2.94. The van der Waals surface area contributed by atoms with Crippen LogP contribution >= 0.6 is 12.6 Å². The molecule has 0 saturated heterocycles. The van der Waals surface area contributed by atoms with Crippen molar-refractivity contribution in [3.8, 4) is 0 Å². The summed E-state index contributed by atoms with van der Waals surface area (Å²) in [5, 5.41) is 2.84. The lowest BCUT2D eigenvalue weighted by atomic mass is 10.1. The van der Waals surface area contributed by atoms with E-state index in [0.29, 0.717) is 13.0 Å². The molecule has 17 heavy (non-hydrogen) atoms. The highest BCUT2D eigenvalue weighted by atomic mass is 32.1. The minimum atomic E-state index is 0.182. The van der Waals surface area contributed by atoms with Crippen LogP contribution in [0.25, 0.3) is 0 Å². The first-order valence-electron chi connectivity index (χ1n) is 7.18. The molecule has 0 unspecified atom stereocenters. The van der Waals surface area contributed by atoms with Gasteiger partial charge >= 0.3 is 0 Å².